The van der Waals surface area contributed by atoms with E-state index in [0.29, 0.717) is 24.9 Å². The maximum atomic E-state index is 12.7. The molecule has 238 valence electrons. The zero-order valence-electron chi connectivity index (χ0n) is 25.8. The van der Waals surface area contributed by atoms with Gasteiger partial charge in [-0.25, -0.2) is 9.59 Å². The molecule has 1 aliphatic heterocycles. The van der Waals surface area contributed by atoms with E-state index in [0.717, 1.165) is 83.4 Å². The monoisotopic (exact) mass is 600 g/mol. The Morgan fingerprint density at radius 3 is 2.60 bits per heavy atom. The number of esters is 1. The van der Waals surface area contributed by atoms with Crippen LogP contribution in [-0.4, -0.2) is 79.3 Å². The van der Waals surface area contributed by atoms with Crippen molar-refractivity contribution in [3.63, 3.8) is 0 Å². The highest BCUT2D eigenvalue weighted by atomic mass is 16.6. The van der Waals surface area contributed by atoms with Gasteiger partial charge in [0.05, 0.1) is 25.1 Å². The molecule has 6 rings (SSSR count). The smallest absolute Gasteiger partial charge is 0.407 e. The molecule has 9 atom stereocenters. The molecule has 0 aromatic carbocycles. The van der Waals surface area contributed by atoms with Gasteiger partial charge in [0.25, 0.3) is 0 Å². The van der Waals surface area contributed by atoms with Crippen molar-refractivity contribution in [2.45, 2.75) is 95.8 Å². The summed E-state index contributed by atoms with van der Waals surface area (Å²) in [5.41, 5.74) is -1.10. The van der Waals surface area contributed by atoms with Gasteiger partial charge in [-0.05, 0) is 79.7 Å². The molecule has 0 unspecified atom stereocenters. The first-order chi connectivity index (χ1) is 20.5. The summed E-state index contributed by atoms with van der Waals surface area (Å²) in [6.45, 7) is 10.3. The summed E-state index contributed by atoms with van der Waals surface area (Å²) in [5.74, 6) is 0.262. The average Bonchev–Trinajstić information content (AvgIpc) is 3.20. The standard InChI is InChI=1S/C33H48N2O8/c1-21(36)43-27-19-33(39)26-6-5-23-18-24(34-30(38)41-17-14-35-12-15-40-16-13-35)8-10-31(23,2)25(26)9-11-32(33,3)29(27)22-4-7-28(37)42-20-22/h4,7,20,23-27,29,39H,5-6,8-19H2,1-3H3,(H,34,38)/t23-,24+,25+,26-,27+,29+,31+,32-,33+/m1/s1. The minimum Gasteiger partial charge on any atom is -0.462 e. The van der Waals surface area contributed by atoms with Crippen LogP contribution < -0.4 is 10.9 Å². The fraction of sp³-hybridized carbons (Fsp3) is 0.788. The van der Waals surface area contributed by atoms with E-state index in [1.165, 1.54) is 19.3 Å². The van der Waals surface area contributed by atoms with Gasteiger partial charge in [-0.15, -0.1) is 0 Å². The van der Waals surface area contributed by atoms with Crippen LogP contribution in [0, 0.1) is 28.6 Å². The first-order valence-corrected chi connectivity index (χ1v) is 16.3. The fourth-order valence-electron chi connectivity index (χ4n) is 10.1. The second kappa shape index (κ2) is 11.8. The maximum Gasteiger partial charge on any atom is 0.407 e. The normalized spacial score (nSPS) is 40.9. The van der Waals surface area contributed by atoms with Crippen LogP contribution >= 0.6 is 0 Å². The number of carbonyl (C=O) groups excluding carboxylic acids is 2. The highest BCUT2D eigenvalue weighted by molar-refractivity contribution is 5.67. The van der Waals surface area contributed by atoms with Crippen LogP contribution in [0.15, 0.2) is 27.6 Å². The zero-order valence-corrected chi connectivity index (χ0v) is 25.8. The molecule has 10 nitrogen and oxygen atoms in total. The third-order valence-corrected chi connectivity index (χ3v) is 12.3. The van der Waals surface area contributed by atoms with Gasteiger partial charge in [0.15, 0.2) is 0 Å². The van der Waals surface area contributed by atoms with Crippen LogP contribution in [-0.2, 0) is 19.0 Å². The molecule has 1 amide bonds. The van der Waals surface area contributed by atoms with Gasteiger partial charge < -0.3 is 29.1 Å². The number of carbonyl (C=O) groups is 2. The van der Waals surface area contributed by atoms with Crippen molar-refractivity contribution in [2.75, 3.05) is 39.5 Å². The maximum absolute atomic E-state index is 12.7. The number of hydrogen-bond donors (Lipinski definition) is 2. The lowest BCUT2D eigenvalue weighted by atomic mass is 9.43. The summed E-state index contributed by atoms with van der Waals surface area (Å²) in [4.78, 5) is 38.8. The minimum absolute atomic E-state index is 0.0625. The Morgan fingerprint density at radius 2 is 1.88 bits per heavy atom. The van der Waals surface area contributed by atoms with Gasteiger partial charge in [0.1, 0.15) is 12.7 Å². The molecule has 1 aromatic rings. The zero-order chi connectivity index (χ0) is 30.4. The van der Waals surface area contributed by atoms with E-state index < -0.39 is 22.7 Å². The van der Waals surface area contributed by atoms with E-state index in [1.807, 2.05) is 0 Å². The molecule has 0 spiro atoms. The summed E-state index contributed by atoms with van der Waals surface area (Å²) in [6, 6.07) is 3.26. The molecule has 0 radical (unpaired) electrons. The Labute approximate surface area is 253 Å². The molecule has 2 N–H and O–H groups in total. The van der Waals surface area contributed by atoms with Crippen LogP contribution in [0.2, 0.25) is 0 Å². The van der Waals surface area contributed by atoms with Gasteiger partial charge in [-0.1, -0.05) is 13.8 Å². The van der Waals surface area contributed by atoms with Crippen LogP contribution in [0.1, 0.15) is 83.6 Å². The van der Waals surface area contributed by atoms with Crippen molar-refractivity contribution >= 4 is 12.1 Å². The molecule has 43 heavy (non-hydrogen) atoms. The van der Waals surface area contributed by atoms with E-state index in [2.05, 4.69) is 24.1 Å². The van der Waals surface area contributed by atoms with Crippen molar-refractivity contribution in [3.8, 4) is 0 Å². The van der Waals surface area contributed by atoms with Crippen molar-refractivity contribution in [1.82, 2.24) is 10.2 Å². The lowest BCUT2D eigenvalue weighted by Gasteiger charge is -2.63. The molecule has 10 heteroatoms. The first-order valence-electron chi connectivity index (χ1n) is 16.3. The van der Waals surface area contributed by atoms with Crippen LogP contribution in [0.25, 0.3) is 0 Å². The van der Waals surface area contributed by atoms with E-state index in [4.69, 9.17) is 18.6 Å². The molecule has 4 saturated carbocycles. The predicted molar refractivity (Wildman–Crippen MR) is 157 cm³/mol. The first kappa shape index (κ1) is 30.6. The highest BCUT2D eigenvalue weighted by Gasteiger charge is 2.70. The van der Waals surface area contributed by atoms with Gasteiger partial charge in [0.2, 0.25) is 0 Å². The van der Waals surface area contributed by atoms with E-state index in [-0.39, 0.29) is 35.4 Å². The second-order valence-electron chi connectivity index (χ2n) is 14.3. The summed E-state index contributed by atoms with van der Waals surface area (Å²) >= 11 is 0. The topological polar surface area (TPSA) is 128 Å². The van der Waals surface area contributed by atoms with Gasteiger partial charge in [0, 0.05) is 56.4 Å². The summed E-state index contributed by atoms with van der Waals surface area (Å²) in [5, 5.41) is 15.9. The Hall–Kier alpha value is -2.43. The second-order valence-corrected chi connectivity index (χ2v) is 14.3. The van der Waals surface area contributed by atoms with E-state index in [1.54, 1.807) is 6.07 Å². The average molecular weight is 601 g/mol. The number of fused-ring (bicyclic) bond motifs is 5. The summed E-state index contributed by atoms with van der Waals surface area (Å²) < 4.78 is 22.0. The highest BCUT2D eigenvalue weighted by Crippen LogP contribution is 2.70. The quantitative estimate of drug-likeness (QED) is 0.468. The Balaban J connectivity index is 1.13. The van der Waals surface area contributed by atoms with E-state index in [9.17, 15) is 19.5 Å². The number of hydrogen-bond acceptors (Lipinski definition) is 9. The number of amides is 1. The molecular formula is C33H48N2O8. The van der Waals surface area contributed by atoms with Gasteiger partial charge >= 0.3 is 17.7 Å². The third kappa shape index (κ3) is 5.52. The van der Waals surface area contributed by atoms with Crippen molar-refractivity contribution in [2.24, 2.45) is 28.6 Å². The number of nitrogens with zero attached hydrogens (tertiary/aromatic N) is 1. The number of rotatable bonds is 6. The van der Waals surface area contributed by atoms with Crippen LogP contribution in [0.3, 0.4) is 0 Å². The van der Waals surface area contributed by atoms with Crippen molar-refractivity contribution < 1.29 is 33.3 Å². The molecule has 2 heterocycles. The predicted octanol–water partition coefficient (Wildman–Crippen LogP) is 3.85. The molecule has 1 saturated heterocycles. The Kier molecular flexibility index (Phi) is 8.41. The minimum atomic E-state index is -1.01. The summed E-state index contributed by atoms with van der Waals surface area (Å²) in [6.07, 6.45) is 7.53. The molecule has 1 aromatic heterocycles. The van der Waals surface area contributed by atoms with Crippen LogP contribution in [0.5, 0.6) is 0 Å². The van der Waals surface area contributed by atoms with Crippen molar-refractivity contribution in [1.29, 1.82) is 0 Å². The molecule has 0 bridgehead atoms. The van der Waals surface area contributed by atoms with Crippen LogP contribution in [0.4, 0.5) is 4.79 Å². The number of aliphatic hydroxyl groups is 1. The number of morpholine rings is 1. The largest absolute Gasteiger partial charge is 0.462 e. The van der Waals surface area contributed by atoms with Crippen molar-refractivity contribution in [3.05, 3.63) is 34.4 Å². The molecule has 5 aliphatic rings. The number of alkyl carbamates (subject to hydrolysis) is 1. The van der Waals surface area contributed by atoms with Gasteiger partial charge in [-0.2, -0.15) is 0 Å². The fourth-order valence-corrected chi connectivity index (χ4v) is 10.1. The van der Waals surface area contributed by atoms with Gasteiger partial charge in [-0.3, -0.25) is 9.69 Å². The third-order valence-electron chi connectivity index (χ3n) is 12.3. The number of nitrogens with one attached hydrogen (secondary N) is 1. The molecule has 5 fully saturated rings. The Bertz CT molecular complexity index is 1230. The Morgan fingerprint density at radius 1 is 1.09 bits per heavy atom. The SMILES string of the molecule is CC(=O)O[C@H]1C[C@]2(O)[C@@H]3CC[C@@H]4C[C@@H](NC(=O)OCCN5CCOCC5)CC[C@]4(C)[C@H]3CC[C@]2(C)[C@H]1c1ccc(=O)oc1. The van der Waals surface area contributed by atoms with E-state index >= 15 is 0 Å². The lowest BCUT2D eigenvalue weighted by molar-refractivity contribution is -0.202. The lowest BCUT2D eigenvalue weighted by Crippen LogP contribution is -2.62. The number of ether oxygens (including phenoxy) is 3. The molecular weight excluding hydrogens is 552 g/mol. The molecule has 4 aliphatic carbocycles. The summed E-state index contributed by atoms with van der Waals surface area (Å²) in [7, 11) is 0.